The lowest BCUT2D eigenvalue weighted by Gasteiger charge is -2.41. The monoisotopic (exact) mass is 236 g/mol. The zero-order valence-electron chi connectivity index (χ0n) is 11.3. The molecule has 2 nitrogen and oxygen atoms in total. The van der Waals surface area contributed by atoms with Crippen LogP contribution in [0.25, 0.3) is 0 Å². The molecule has 0 bridgehead atoms. The van der Waals surface area contributed by atoms with Crippen molar-refractivity contribution in [2.45, 2.75) is 52.9 Å². The van der Waals surface area contributed by atoms with Crippen molar-refractivity contribution in [1.29, 1.82) is 0 Å². The van der Waals surface area contributed by atoms with Crippen molar-refractivity contribution >= 4 is 12.1 Å². The largest absolute Gasteiger partial charge is 0.303 e. The molecule has 0 unspecified atom stereocenters. The van der Waals surface area contributed by atoms with Gasteiger partial charge in [-0.15, -0.1) is 0 Å². The summed E-state index contributed by atoms with van der Waals surface area (Å²) in [5.41, 5.74) is 1.10. The van der Waals surface area contributed by atoms with Gasteiger partial charge >= 0.3 is 0 Å². The minimum absolute atomic E-state index is 0.0436. The summed E-state index contributed by atoms with van der Waals surface area (Å²) in [6.45, 7) is 10.4. The van der Waals surface area contributed by atoms with E-state index in [0.29, 0.717) is 24.5 Å². The summed E-state index contributed by atoms with van der Waals surface area (Å²) in [4.78, 5) is 22.3. The van der Waals surface area contributed by atoms with Gasteiger partial charge in [0.25, 0.3) is 0 Å². The first kappa shape index (κ1) is 14.1. The Bertz CT molecular complexity index is 319. The van der Waals surface area contributed by atoms with E-state index in [1.807, 2.05) is 6.92 Å². The van der Waals surface area contributed by atoms with E-state index in [4.69, 9.17) is 0 Å². The molecule has 0 aliphatic heterocycles. The summed E-state index contributed by atoms with van der Waals surface area (Å²) in [7, 11) is 0. The Hall–Kier alpha value is -0.920. The van der Waals surface area contributed by atoms with E-state index in [0.717, 1.165) is 31.1 Å². The maximum atomic E-state index is 11.6. The zero-order valence-corrected chi connectivity index (χ0v) is 11.3. The van der Waals surface area contributed by atoms with Gasteiger partial charge in [-0.25, -0.2) is 0 Å². The van der Waals surface area contributed by atoms with Gasteiger partial charge in [0.15, 0.2) is 0 Å². The van der Waals surface area contributed by atoms with Gasteiger partial charge in [0.05, 0.1) is 0 Å². The van der Waals surface area contributed by atoms with Crippen molar-refractivity contribution in [2.24, 2.45) is 17.3 Å². The first-order chi connectivity index (χ1) is 7.89. The predicted octanol–water partition coefficient (Wildman–Crippen LogP) is 3.55. The highest BCUT2D eigenvalue weighted by molar-refractivity contribution is 5.80. The third-order valence-electron chi connectivity index (χ3n) is 4.44. The number of allylic oxidation sites excluding steroid dienone is 1. The smallest absolute Gasteiger partial charge is 0.133 e. The van der Waals surface area contributed by atoms with Crippen LogP contribution in [0.5, 0.6) is 0 Å². The molecule has 3 atom stereocenters. The Morgan fingerprint density at radius 1 is 1.65 bits per heavy atom. The second-order valence-corrected chi connectivity index (χ2v) is 5.96. The quantitative estimate of drug-likeness (QED) is 0.540. The highest BCUT2D eigenvalue weighted by atomic mass is 16.1. The van der Waals surface area contributed by atoms with E-state index in [1.165, 1.54) is 0 Å². The van der Waals surface area contributed by atoms with Crippen LogP contribution in [-0.2, 0) is 9.59 Å². The third-order valence-corrected chi connectivity index (χ3v) is 4.44. The molecule has 0 aromatic carbocycles. The summed E-state index contributed by atoms with van der Waals surface area (Å²) in [6, 6.07) is 0. The van der Waals surface area contributed by atoms with Gasteiger partial charge in [-0.1, -0.05) is 26.0 Å². The molecule has 0 aromatic rings. The van der Waals surface area contributed by atoms with Gasteiger partial charge in [0.2, 0.25) is 0 Å². The lowest BCUT2D eigenvalue weighted by molar-refractivity contribution is -0.125. The molecule has 1 rings (SSSR count). The third kappa shape index (κ3) is 3.52. The van der Waals surface area contributed by atoms with Crippen LogP contribution in [-0.4, -0.2) is 12.1 Å². The molecule has 17 heavy (non-hydrogen) atoms. The first-order valence-corrected chi connectivity index (χ1v) is 6.50. The van der Waals surface area contributed by atoms with Crippen molar-refractivity contribution in [3.63, 3.8) is 0 Å². The van der Waals surface area contributed by atoms with Crippen LogP contribution in [0, 0.1) is 17.3 Å². The number of aldehydes is 1. The fraction of sp³-hybridized carbons (Fsp3) is 0.733. The van der Waals surface area contributed by atoms with E-state index < -0.39 is 0 Å². The van der Waals surface area contributed by atoms with E-state index >= 15 is 0 Å². The average molecular weight is 236 g/mol. The number of ketones is 1. The maximum Gasteiger partial charge on any atom is 0.133 e. The molecule has 1 saturated carbocycles. The summed E-state index contributed by atoms with van der Waals surface area (Å²) < 4.78 is 0. The highest BCUT2D eigenvalue weighted by Crippen LogP contribution is 2.45. The molecule has 1 aliphatic rings. The first-order valence-electron chi connectivity index (χ1n) is 6.50. The molecule has 0 aromatic heterocycles. The molecule has 96 valence electrons. The number of hydrogen-bond donors (Lipinski definition) is 0. The van der Waals surface area contributed by atoms with E-state index in [2.05, 4.69) is 20.4 Å². The fourth-order valence-electron chi connectivity index (χ4n) is 2.85. The van der Waals surface area contributed by atoms with Crippen LogP contribution >= 0.6 is 0 Å². The summed E-state index contributed by atoms with van der Waals surface area (Å²) in [5, 5.41) is 0. The predicted molar refractivity (Wildman–Crippen MR) is 69.7 cm³/mol. The molecule has 1 fully saturated rings. The average Bonchev–Trinajstić information content (AvgIpc) is 2.23. The highest BCUT2D eigenvalue weighted by Gasteiger charge is 2.38. The zero-order chi connectivity index (χ0) is 13.1. The Morgan fingerprint density at radius 3 is 2.82 bits per heavy atom. The molecule has 0 radical (unpaired) electrons. The molecular weight excluding hydrogens is 212 g/mol. The second-order valence-electron chi connectivity index (χ2n) is 5.96. The number of rotatable bonds is 5. The van der Waals surface area contributed by atoms with Crippen LogP contribution in [0.1, 0.15) is 52.9 Å². The van der Waals surface area contributed by atoms with Crippen LogP contribution in [0.2, 0.25) is 0 Å². The molecule has 2 heteroatoms. The molecule has 0 N–H and O–H groups in total. The van der Waals surface area contributed by atoms with Crippen LogP contribution in [0.15, 0.2) is 12.2 Å². The number of carbonyl (C=O) groups is 2. The molecule has 1 aliphatic carbocycles. The SMILES string of the molecule is C=C(C)[C@H](CC=O)C[C@@]1(C)CC(=O)CC[C@@H]1C. The van der Waals surface area contributed by atoms with Crippen LogP contribution in [0.3, 0.4) is 0 Å². The van der Waals surface area contributed by atoms with Crippen molar-refractivity contribution in [1.82, 2.24) is 0 Å². The Labute approximate surface area is 104 Å². The van der Waals surface area contributed by atoms with Crippen molar-refractivity contribution < 1.29 is 9.59 Å². The Morgan fingerprint density at radius 2 is 2.29 bits per heavy atom. The normalized spacial score (nSPS) is 31.0. The molecule has 0 heterocycles. The Kier molecular flexibility index (Phi) is 4.67. The molecule has 0 saturated heterocycles. The van der Waals surface area contributed by atoms with Gasteiger partial charge in [-0.3, -0.25) is 4.79 Å². The molecule has 0 spiro atoms. The maximum absolute atomic E-state index is 11.6. The Balaban J connectivity index is 2.77. The van der Waals surface area contributed by atoms with Gasteiger partial charge in [-0.05, 0) is 37.0 Å². The molecule has 0 amide bonds. The topological polar surface area (TPSA) is 34.1 Å². The van der Waals surface area contributed by atoms with Gasteiger partial charge in [0.1, 0.15) is 12.1 Å². The standard InChI is InChI=1S/C15H24O2/c1-11(2)13(7-8-16)9-15(4)10-14(17)6-5-12(15)3/h8,12-13H,1,5-7,9-10H2,2-4H3/t12-,13+,15-/m0/s1. The van der Waals surface area contributed by atoms with E-state index in [-0.39, 0.29) is 11.3 Å². The molecular formula is C15H24O2. The number of Topliss-reactive ketones (excluding diaryl/α,β-unsaturated/α-hetero) is 1. The summed E-state index contributed by atoms with van der Waals surface area (Å²) >= 11 is 0. The minimum Gasteiger partial charge on any atom is -0.303 e. The van der Waals surface area contributed by atoms with Crippen LogP contribution in [0.4, 0.5) is 0 Å². The fourth-order valence-corrected chi connectivity index (χ4v) is 2.85. The number of carbonyl (C=O) groups excluding carboxylic acids is 2. The van der Waals surface area contributed by atoms with Gasteiger partial charge < -0.3 is 4.79 Å². The lowest BCUT2D eigenvalue weighted by Crippen LogP contribution is -2.35. The van der Waals surface area contributed by atoms with Gasteiger partial charge in [-0.2, -0.15) is 0 Å². The minimum atomic E-state index is 0.0436. The van der Waals surface area contributed by atoms with E-state index in [1.54, 1.807) is 0 Å². The van der Waals surface area contributed by atoms with Crippen molar-refractivity contribution in [3.05, 3.63) is 12.2 Å². The van der Waals surface area contributed by atoms with Crippen molar-refractivity contribution in [2.75, 3.05) is 0 Å². The second kappa shape index (κ2) is 5.61. The number of hydrogen-bond acceptors (Lipinski definition) is 2. The lowest BCUT2D eigenvalue weighted by atomic mass is 9.63. The summed E-state index contributed by atoms with van der Waals surface area (Å²) in [6.07, 6.45) is 4.79. The van der Waals surface area contributed by atoms with Crippen LogP contribution < -0.4 is 0 Å². The van der Waals surface area contributed by atoms with Crippen molar-refractivity contribution in [3.8, 4) is 0 Å². The van der Waals surface area contributed by atoms with E-state index in [9.17, 15) is 9.59 Å². The van der Waals surface area contributed by atoms with Gasteiger partial charge in [0, 0.05) is 19.3 Å². The summed E-state index contributed by atoms with van der Waals surface area (Å²) in [5.74, 6) is 1.15.